The lowest BCUT2D eigenvalue weighted by Crippen LogP contribution is -2.59. The fourth-order valence-corrected chi connectivity index (χ4v) is 3.62. The average molecular weight is 265 g/mol. The summed E-state index contributed by atoms with van der Waals surface area (Å²) < 4.78 is 6.04. The van der Waals surface area contributed by atoms with Gasteiger partial charge < -0.3 is 4.74 Å². The number of hydrogen-bond acceptors (Lipinski definition) is 3. The van der Waals surface area contributed by atoms with Gasteiger partial charge in [-0.1, -0.05) is 34.6 Å². The Balaban J connectivity index is 0.000000861. The van der Waals surface area contributed by atoms with Gasteiger partial charge in [0.1, 0.15) is 5.92 Å². The second-order valence-electron chi connectivity index (χ2n) is 6.49. The number of nitrogens with zero attached hydrogens (tertiary/aromatic N) is 1. The van der Waals surface area contributed by atoms with Crippen LogP contribution in [0.25, 0.3) is 0 Å². The normalized spacial score (nSPS) is 40.5. The van der Waals surface area contributed by atoms with Crippen LogP contribution in [0.4, 0.5) is 0 Å². The van der Waals surface area contributed by atoms with Crippen molar-refractivity contribution in [2.45, 2.75) is 73.0 Å². The number of rotatable bonds is 0. The molecule has 2 rings (SSSR count). The SMILES string of the molecule is CC.CC1CCC2(C)CC(C#N)C(=O)C(C)(C)C2O1. The van der Waals surface area contributed by atoms with Gasteiger partial charge in [-0.3, -0.25) is 4.79 Å². The van der Waals surface area contributed by atoms with E-state index in [0.29, 0.717) is 6.42 Å². The molecule has 0 spiro atoms. The molecule has 3 nitrogen and oxygen atoms in total. The van der Waals surface area contributed by atoms with Crippen LogP contribution in [0, 0.1) is 28.1 Å². The zero-order valence-corrected chi connectivity index (χ0v) is 13.1. The third kappa shape index (κ3) is 2.69. The van der Waals surface area contributed by atoms with Gasteiger partial charge in [-0.15, -0.1) is 0 Å². The maximum Gasteiger partial charge on any atom is 0.158 e. The van der Waals surface area contributed by atoms with Crippen LogP contribution in [0.3, 0.4) is 0 Å². The summed E-state index contributed by atoms with van der Waals surface area (Å²) in [5, 5.41) is 9.14. The van der Waals surface area contributed by atoms with Crippen LogP contribution >= 0.6 is 0 Å². The summed E-state index contributed by atoms with van der Waals surface area (Å²) >= 11 is 0. The molecular formula is C16H27NO2. The molecule has 4 atom stereocenters. The molecule has 19 heavy (non-hydrogen) atoms. The van der Waals surface area contributed by atoms with Crippen LogP contribution in [-0.4, -0.2) is 18.0 Å². The maximum absolute atomic E-state index is 12.3. The average Bonchev–Trinajstić information content (AvgIpc) is 2.39. The highest BCUT2D eigenvalue weighted by Gasteiger charge is 2.57. The minimum Gasteiger partial charge on any atom is -0.374 e. The van der Waals surface area contributed by atoms with Crippen molar-refractivity contribution in [3.8, 4) is 6.07 Å². The molecule has 0 N–H and O–H groups in total. The molecule has 1 heterocycles. The van der Waals surface area contributed by atoms with Gasteiger partial charge in [-0.05, 0) is 31.6 Å². The lowest BCUT2D eigenvalue weighted by atomic mass is 9.55. The van der Waals surface area contributed by atoms with Crippen molar-refractivity contribution < 1.29 is 9.53 Å². The number of nitriles is 1. The van der Waals surface area contributed by atoms with Crippen molar-refractivity contribution in [3.05, 3.63) is 0 Å². The van der Waals surface area contributed by atoms with Crippen molar-refractivity contribution >= 4 is 5.78 Å². The van der Waals surface area contributed by atoms with Gasteiger partial charge in [-0.25, -0.2) is 0 Å². The van der Waals surface area contributed by atoms with Crippen LogP contribution in [-0.2, 0) is 9.53 Å². The first kappa shape index (κ1) is 16.2. The molecule has 0 bridgehead atoms. The summed E-state index contributed by atoms with van der Waals surface area (Å²) in [5.41, 5.74) is -0.563. The molecule has 3 heteroatoms. The molecule has 4 unspecified atom stereocenters. The zero-order valence-electron chi connectivity index (χ0n) is 13.1. The Morgan fingerprint density at radius 2 is 1.89 bits per heavy atom. The lowest BCUT2D eigenvalue weighted by molar-refractivity contribution is -0.194. The Kier molecular flexibility index (Phi) is 4.79. The molecule has 0 aromatic rings. The van der Waals surface area contributed by atoms with Crippen molar-refractivity contribution in [2.24, 2.45) is 16.7 Å². The van der Waals surface area contributed by atoms with E-state index in [1.165, 1.54) is 0 Å². The third-order valence-electron chi connectivity index (χ3n) is 4.56. The van der Waals surface area contributed by atoms with E-state index in [4.69, 9.17) is 10.00 Å². The van der Waals surface area contributed by atoms with E-state index >= 15 is 0 Å². The molecule has 108 valence electrons. The number of carbonyl (C=O) groups is 1. The molecule has 0 amide bonds. The number of ketones is 1. The van der Waals surface area contributed by atoms with E-state index in [-0.39, 0.29) is 23.4 Å². The van der Waals surface area contributed by atoms with Gasteiger partial charge in [0.25, 0.3) is 0 Å². The highest BCUT2D eigenvalue weighted by molar-refractivity contribution is 5.90. The first-order chi connectivity index (χ1) is 8.81. The van der Waals surface area contributed by atoms with Crippen molar-refractivity contribution in [2.75, 3.05) is 0 Å². The van der Waals surface area contributed by atoms with Gasteiger partial charge >= 0.3 is 0 Å². The van der Waals surface area contributed by atoms with Gasteiger partial charge in [0.05, 0.1) is 23.7 Å². The van der Waals surface area contributed by atoms with E-state index < -0.39 is 11.3 Å². The first-order valence-electron chi connectivity index (χ1n) is 7.40. The molecule has 1 saturated carbocycles. The molecule has 1 saturated heterocycles. The van der Waals surface area contributed by atoms with E-state index in [1.807, 2.05) is 27.7 Å². The Hall–Kier alpha value is -0.880. The van der Waals surface area contributed by atoms with Gasteiger partial charge in [-0.2, -0.15) is 5.26 Å². The monoisotopic (exact) mass is 265 g/mol. The van der Waals surface area contributed by atoms with E-state index in [2.05, 4.69) is 19.9 Å². The van der Waals surface area contributed by atoms with E-state index in [0.717, 1.165) is 12.8 Å². The fourth-order valence-electron chi connectivity index (χ4n) is 3.62. The predicted molar refractivity (Wildman–Crippen MR) is 75.5 cm³/mol. The quantitative estimate of drug-likeness (QED) is 0.670. The third-order valence-corrected chi connectivity index (χ3v) is 4.56. The topological polar surface area (TPSA) is 50.1 Å². The summed E-state index contributed by atoms with van der Waals surface area (Å²) in [6.45, 7) is 12.1. The maximum atomic E-state index is 12.3. The fraction of sp³-hybridized carbons (Fsp3) is 0.875. The van der Waals surface area contributed by atoms with Crippen LogP contribution < -0.4 is 0 Å². The number of ether oxygens (including phenoxy) is 1. The van der Waals surface area contributed by atoms with Crippen LogP contribution in [0.1, 0.15) is 60.8 Å². The smallest absolute Gasteiger partial charge is 0.158 e. The molecular weight excluding hydrogens is 238 g/mol. The van der Waals surface area contributed by atoms with E-state index in [1.54, 1.807) is 0 Å². The first-order valence-corrected chi connectivity index (χ1v) is 7.40. The van der Waals surface area contributed by atoms with Crippen LogP contribution in [0.5, 0.6) is 0 Å². The molecule has 1 aliphatic carbocycles. The predicted octanol–water partition coefficient (Wildman–Crippen LogP) is 3.73. The second-order valence-corrected chi connectivity index (χ2v) is 6.49. The Morgan fingerprint density at radius 1 is 1.32 bits per heavy atom. The Bertz CT molecular complexity index is 383. The summed E-state index contributed by atoms with van der Waals surface area (Å²) in [6, 6.07) is 2.17. The van der Waals surface area contributed by atoms with E-state index in [9.17, 15) is 4.79 Å². The second kappa shape index (κ2) is 5.63. The van der Waals surface area contributed by atoms with Gasteiger partial charge in [0, 0.05) is 0 Å². The summed E-state index contributed by atoms with van der Waals surface area (Å²) in [7, 11) is 0. The standard InChI is InChI=1S/C14H21NO2.C2H6/c1-9-5-6-14(4)7-10(8-15)11(16)13(2,3)12(14)17-9;1-2/h9-10,12H,5-7H2,1-4H3;1-2H3. The molecule has 0 radical (unpaired) electrons. The largest absolute Gasteiger partial charge is 0.374 e. The lowest BCUT2D eigenvalue weighted by Gasteiger charge is -2.54. The highest BCUT2D eigenvalue weighted by atomic mass is 16.5. The number of fused-ring (bicyclic) bond motifs is 1. The van der Waals surface area contributed by atoms with Crippen LogP contribution in [0.15, 0.2) is 0 Å². The molecule has 0 aromatic carbocycles. The minimum absolute atomic E-state index is 0.0235. The summed E-state index contributed by atoms with van der Waals surface area (Å²) in [5.74, 6) is -0.403. The molecule has 2 fully saturated rings. The minimum atomic E-state index is -0.540. The summed E-state index contributed by atoms with van der Waals surface area (Å²) in [6.07, 6.45) is 2.90. The molecule has 1 aliphatic heterocycles. The van der Waals surface area contributed by atoms with Crippen molar-refractivity contribution in [3.63, 3.8) is 0 Å². The van der Waals surface area contributed by atoms with Gasteiger partial charge in [0.15, 0.2) is 5.78 Å². The number of carbonyl (C=O) groups excluding carboxylic acids is 1. The Labute approximate surface area is 117 Å². The summed E-state index contributed by atoms with van der Waals surface area (Å²) in [4.78, 5) is 12.3. The molecule has 2 aliphatic rings. The zero-order chi connectivity index (χ0) is 14.8. The van der Waals surface area contributed by atoms with Crippen molar-refractivity contribution in [1.82, 2.24) is 0 Å². The van der Waals surface area contributed by atoms with Crippen LogP contribution in [0.2, 0.25) is 0 Å². The molecule has 0 aromatic heterocycles. The number of hydrogen-bond donors (Lipinski definition) is 0. The van der Waals surface area contributed by atoms with Gasteiger partial charge in [0.2, 0.25) is 0 Å². The number of Topliss-reactive ketones (excluding diaryl/α,β-unsaturated/α-hetero) is 1. The highest BCUT2D eigenvalue weighted by Crippen LogP contribution is 2.53. The van der Waals surface area contributed by atoms with Crippen molar-refractivity contribution in [1.29, 1.82) is 5.26 Å². The Morgan fingerprint density at radius 3 is 2.42 bits per heavy atom.